The zero-order valence-corrected chi connectivity index (χ0v) is 22.2. The van der Waals surface area contributed by atoms with E-state index in [0.717, 1.165) is 70.4 Å². The summed E-state index contributed by atoms with van der Waals surface area (Å²) in [5.74, 6) is 1.87. The Morgan fingerprint density at radius 3 is 2.73 bits per heavy atom. The van der Waals surface area contributed by atoms with Crippen LogP contribution in [0.2, 0.25) is 0 Å². The molecule has 180 valence electrons. The number of halogens is 1. The smallest absolute Gasteiger partial charge is 0.194 e. The second-order valence-corrected chi connectivity index (χ2v) is 8.66. The fraction of sp³-hybridized carbons (Fsp3) is 0.500. The summed E-state index contributed by atoms with van der Waals surface area (Å²) in [6, 6.07) is 17.7. The minimum atomic E-state index is 0. The van der Waals surface area contributed by atoms with Crippen molar-refractivity contribution in [2.75, 3.05) is 47.0 Å². The molecule has 6 nitrogen and oxygen atoms in total. The number of aliphatic imine (C=N–C) groups is 1. The number of ether oxygens (including phenoxy) is 2. The molecule has 2 aromatic rings. The van der Waals surface area contributed by atoms with Crippen molar-refractivity contribution in [1.82, 2.24) is 15.1 Å². The second-order valence-electron chi connectivity index (χ2n) is 8.66. The van der Waals surface area contributed by atoms with Gasteiger partial charge >= 0.3 is 0 Å². The van der Waals surface area contributed by atoms with E-state index in [1.165, 1.54) is 16.7 Å². The molecule has 2 aromatic carbocycles. The minimum absolute atomic E-state index is 0. The van der Waals surface area contributed by atoms with Crippen LogP contribution in [0, 0.1) is 0 Å². The summed E-state index contributed by atoms with van der Waals surface area (Å²) in [4.78, 5) is 9.25. The third-order valence-corrected chi connectivity index (χ3v) is 6.52. The van der Waals surface area contributed by atoms with Crippen molar-refractivity contribution in [3.8, 4) is 5.75 Å². The molecule has 0 bridgehead atoms. The lowest BCUT2D eigenvalue weighted by Gasteiger charge is -2.31. The number of hydrogen-bond acceptors (Lipinski definition) is 4. The molecule has 33 heavy (non-hydrogen) atoms. The zero-order chi connectivity index (χ0) is 22.2. The Hall–Kier alpha value is -1.84. The molecule has 0 aliphatic carbocycles. The molecule has 0 saturated carbocycles. The summed E-state index contributed by atoms with van der Waals surface area (Å²) in [5.41, 5.74) is 4.04. The van der Waals surface area contributed by atoms with Gasteiger partial charge < -0.3 is 19.7 Å². The molecule has 0 radical (unpaired) electrons. The molecule has 2 aliphatic rings. The van der Waals surface area contributed by atoms with Crippen LogP contribution in [0.1, 0.15) is 29.5 Å². The van der Waals surface area contributed by atoms with Gasteiger partial charge in [0, 0.05) is 52.5 Å². The van der Waals surface area contributed by atoms with Crippen molar-refractivity contribution < 1.29 is 9.47 Å². The Labute approximate surface area is 215 Å². The van der Waals surface area contributed by atoms with Crippen molar-refractivity contribution >= 4 is 29.9 Å². The third-order valence-electron chi connectivity index (χ3n) is 6.52. The average Bonchev–Trinajstić information content (AvgIpc) is 2.85. The summed E-state index contributed by atoms with van der Waals surface area (Å²) < 4.78 is 11.5. The largest absolute Gasteiger partial charge is 0.492 e. The van der Waals surface area contributed by atoms with Crippen LogP contribution in [0.25, 0.3) is 0 Å². The molecule has 0 unspecified atom stereocenters. The van der Waals surface area contributed by atoms with Gasteiger partial charge in [-0.3, -0.25) is 9.89 Å². The van der Waals surface area contributed by atoms with Gasteiger partial charge in [-0.05, 0) is 55.1 Å². The highest BCUT2D eigenvalue weighted by Gasteiger charge is 2.19. The highest BCUT2D eigenvalue weighted by molar-refractivity contribution is 14.0. The van der Waals surface area contributed by atoms with Crippen LogP contribution in [-0.2, 0) is 24.2 Å². The average molecular weight is 565 g/mol. The van der Waals surface area contributed by atoms with Crippen LogP contribution >= 0.6 is 24.0 Å². The van der Waals surface area contributed by atoms with Gasteiger partial charge in [0.15, 0.2) is 5.96 Å². The highest BCUT2D eigenvalue weighted by atomic mass is 127. The SMILES string of the molecule is CN=C(NCc1cccc(OCCN(C)C2CCOCC2)c1)N1CCc2ccccc2C1.I. The predicted molar refractivity (Wildman–Crippen MR) is 145 cm³/mol. The van der Waals surface area contributed by atoms with Crippen molar-refractivity contribution in [3.05, 3.63) is 65.2 Å². The lowest BCUT2D eigenvalue weighted by Crippen LogP contribution is -2.43. The molecule has 0 spiro atoms. The van der Waals surface area contributed by atoms with E-state index in [9.17, 15) is 0 Å². The fourth-order valence-corrected chi connectivity index (χ4v) is 4.55. The van der Waals surface area contributed by atoms with Crippen LogP contribution < -0.4 is 10.1 Å². The number of benzene rings is 2. The van der Waals surface area contributed by atoms with Crippen LogP contribution in [-0.4, -0.2) is 68.8 Å². The van der Waals surface area contributed by atoms with Crippen LogP contribution in [0.5, 0.6) is 5.75 Å². The molecule has 7 heteroatoms. The molecule has 1 fully saturated rings. The maximum Gasteiger partial charge on any atom is 0.194 e. The summed E-state index contributed by atoms with van der Waals surface area (Å²) in [6.45, 7) is 5.98. The van der Waals surface area contributed by atoms with Crippen LogP contribution in [0.15, 0.2) is 53.5 Å². The normalized spacial score (nSPS) is 16.8. The summed E-state index contributed by atoms with van der Waals surface area (Å²) in [5, 5.41) is 3.53. The Morgan fingerprint density at radius 2 is 1.94 bits per heavy atom. The fourth-order valence-electron chi connectivity index (χ4n) is 4.55. The van der Waals surface area contributed by atoms with Gasteiger partial charge in [-0.1, -0.05) is 36.4 Å². The lowest BCUT2D eigenvalue weighted by molar-refractivity contribution is 0.0392. The Balaban J connectivity index is 0.00000306. The molecule has 0 atom stereocenters. The number of nitrogens with one attached hydrogen (secondary N) is 1. The Morgan fingerprint density at radius 1 is 1.15 bits per heavy atom. The number of likely N-dealkylation sites (N-methyl/N-ethyl adjacent to an activating group) is 1. The van der Waals surface area contributed by atoms with Gasteiger partial charge in [-0.15, -0.1) is 24.0 Å². The molecule has 1 saturated heterocycles. The topological polar surface area (TPSA) is 49.3 Å². The molecule has 0 aromatic heterocycles. The van der Waals surface area contributed by atoms with E-state index >= 15 is 0 Å². The standard InChI is InChI=1S/C26H36N4O2.HI/c1-27-26(30-13-10-22-7-3-4-8-23(22)20-30)28-19-21-6-5-9-25(18-21)32-17-14-29(2)24-11-15-31-16-12-24;/h3-9,18,24H,10-17,19-20H2,1-2H3,(H,27,28);1H. The van der Waals surface area contributed by atoms with Crippen molar-refractivity contribution in [2.45, 2.75) is 38.4 Å². The van der Waals surface area contributed by atoms with E-state index < -0.39 is 0 Å². The lowest BCUT2D eigenvalue weighted by atomic mass is 10.0. The summed E-state index contributed by atoms with van der Waals surface area (Å²) in [6.07, 6.45) is 3.28. The number of rotatable bonds is 7. The van der Waals surface area contributed by atoms with Crippen molar-refractivity contribution in [3.63, 3.8) is 0 Å². The molecular formula is C26H37IN4O2. The first-order chi connectivity index (χ1) is 15.7. The van der Waals surface area contributed by atoms with Crippen LogP contribution in [0.4, 0.5) is 0 Å². The van der Waals surface area contributed by atoms with E-state index in [1.807, 2.05) is 13.1 Å². The number of fused-ring (bicyclic) bond motifs is 1. The minimum Gasteiger partial charge on any atom is -0.492 e. The van der Waals surface area contributed by atoms with Gasteiger partial charge in [0.05, 0.1) is 0 Å². The molecule has 4 rings (SSSR count). The second kappa shape index (κ2) is 13.2. The highest BCUT2D eigenvalue weighted by Crippen LogP contribution is 2.19. The predicted octanol–water partition coefficient (Wildman–Crippen LogP) is 3.93. The molecule has 1 N–H and O–H groups in total. The van der Waals surface area contributed by atoms with Crippen molar-refractivity contribution in [1.29, 1.82) is 0 Å². The van der Waals surface area contributed by atoms with Gasteiger partial charge in [-0.2, -0.15) is 0 Å². The first-order valence-corrected chi connectivity index (χ1v) is 11.7. The first-order valence-electron chi connectivity index (χ1n) is 11.7. The molecule has 2 aliphatic heterocycles. The van der Waals surface area contributed by atoms with E-state index in [2.05, 4.69) is 69.6 Å². The van der Waals surface area contributed by atoms with E-state index in [4.69, 9.17) is 9.47 Å². The molecule has 0 amide bonds. The quantitative estimate of drug-likeness (QED) is 0.314. The maximum atomic E-state index is 6.06. The van der Waals surface area contributed by atoms with Gasteiger partial charge in [-0.25, -0.2) is 0 Å². The van der Waals surface area contributed by atoms with E-state index in [-0.39, 0.29) is 24.0 Å². The van der Waals surface area contributed by atoms with Gasteiger partial charge in [0.25, 0.3) is 0 Å². The third kappa shape index (κ3) is 7.32. The number of hydrogen-bond donors (Lipinski definition) is 1. The number of guanidine groups is 1. The van der Waals surface area contributed by atoms with Crippen LogP contribution in [0.3, 0.4) is 0 Å². The van der Waals surface area contributed by atoms with Gasteiger partial charge in [0.2, 0.25) is 0 Å². The Bertz CT molecular complexity index is 901. The first kappa shape index (κ1) is 25.8. The van der Waals surface area contributed by atoms with Gasteiger partial charge in [0.1, 0.15) is 12.4 Å². The molecular weight excluding hydrogens is 527 g/mol. The summed E-state index contributed by atoms with van der Waals surface area (Å²) in [7, 11) is 4.04. The van der Waals surface area contributed by atoms with Crippen molar-refractivity contribution in [2.24, 2.45) is 4.99 Å². The summed E-state index contributed by atoms with van der Waals surface area (Å²) >= 11 is 0. The zero-order valence-electron chi connectivity index (χ0n) is 19.8. The Kier molecular flexibility index (Phi) is 10.3. The molecule has 2 heterocycles. The van der Waals surface area contributed by atoms with E-state index in [0.29, 0.717) is 12.6 Å². The number of nitrogens with zero attached hydrogens (tertiary/aromatic N) is 3. The van der Waals surface area contributed by atoms with E-state index in [1.54, 1.807) is 0 Å². The monoisotopic (exact) mass is 564 g/mol. The maximum absolute atomic E-state index is 6.06.